The molecule has 0 saturated carbocycles. The normalized spacial score (nSPS) is 13.6. The summed E-state index contributed by atoms with van der Waals surface area (Å²) < 4.78 is 8.27. The fourth-order valence-corrected chi connectivity index (χ4v) is 7.36. The molecule has 0 saturated heterocycles. The number of allylic oxidation sites excluding steroid dienone is 2. The SMILES string of the molecule is C=Cc1c(/C=C\C)c(/C=C(\C)c2nc(-c3ccccc3)nc(-c3ccccc3)n2)c(C)n1-c1ccc2c(c1)-c1c(ccc3ncoc13)C2(C)C. The van der Waals surface area contributed by atoms with E-state index in [2.05, 4.69) is 92.4 Å². The van der Waals surface area contributed by atoms with Crippen LogP contribution in [0.4, 0.5) is 0 Å². The van der Waals surface area contributed by atoms with E-state index in [1.54, 1.807) is 0 Å². The largest absolute Gasteiger partial charge is 0.443 e. The molecule has 3 heterocycles. The molecule has 0 fully saturated rings. The van der Waals surface area contributed by atoms with Gasteiger partial charge in [0, 0.05) is 44.6 Å². The quantitative estimate of drug-likeness (QED) is 0.172. The van der Waals surface area contributed by atoms with E-state index in [9.17, 15) is 0 Å². The lowest BCUT2D eigenvalue weighted by atomic mass is 9.82. The Bertz CT molecular complexity index is 2440. The number of hydrogen-bond acceptors (Lipinski definition) is 5. The molecule has 0 unspecified atom stereocenters. The summed E-state index contributed by atoms with van der Waals surface area (Å²) in [5.41, 5.74) is 14.5. The molecular formula is C44H37N5O. The van der Waals surface area contributed by atoms with Crippen molar-refractivity contribution >= 4 is 34.9 Å². The van der Waals surface area contributed by atoms with Crippen LogP contribution in [0.15, 0.2) is 114 Å². The zero-order chi connectivity index (χ0) is 34.6. The maximum Gasteiger partial charge on any atom is 0.182 e. The van der Waals surface area contributed by atoms with E-state index in [0.29, 0.717) is 17.5 Å². The number of rotatable bonds is 7. The number of benzene rings is 4. The topological polar surface area (TPSA) is 69.6 Å². The smallest absolute Gasteiger partial charge is 0.182 e. The fraction of sp³-hybridized carbons (Fsp3) is 0.136. The molecule has 6 nitrogen and oxygen atoms in total. The number of nitrogens with zero attached hydrogens (tertiary/aromatic N) is 5. The lowest BCUT2D eigenvalue weighted by Gasteiger charge is -2.21. The molecule has 4 aromatic carbocycles. The van der Waals surface area contributed by atoms with E-state index in [1.165, 1.54) is 23.1 Å². The molecule has 0 radical (unpaired) electrons. The molecule has 0 atom stereocenters. The van der Waals surface area contributed by atoms with Crippen molar-refractivity contribution in [3.8, 4) is 39.6 Å². The van der Waals surface area contributed by atoms with Gasteiger partial charge in [-0.25, -0.2) is 19.9 Å². The first kappa shape index (κ1) is 31.1. The van der Waals surface area contributed by atoms with Gasteiger partial charge in [0.25, 0.3) is 0 Å². The van der Waals surface area contributed by atoms with Crippen molar-refractivity contribution in [1.29, 1.82) is 0 Å². The fourth-order valence-electron chi connectivity index (χ4n) is 7.36. The van der Waals surface area contributed by atoms with Gasteiger partial charge in [0.2, 0.25) is 0 Å². The summed E-state index contributed by atoms with van der Waals surface area (Å²) in [6.45, 7) is 15.1. The van der Waals surface area contributed by atoms with Crippen molar-refractivity contribution in [2.45, 2.75) is 40.0 Å². The molecule has 0 N–H and O–H groups in total. The molecule has 3 aromatic heterocycles. The van der Waals surface area contributed by atoms with Crippen LogP contribution in [0.1, 0.15) is 67.2 Å². The minimum Gasteiger partial charge on any atom is -0.443 e. The van der Waals surface area contributed by atoms with Crippen molar-refractivity contribution < 1.29 is 4.42 Å². The van der Waals surface area contributed by atoms with E-state index in [1.807, 2.05) is 73.7 Å². The van der Waals surface area contributed by atoms with Crippen LogP contribution in [-0.2, 0) is 5.41 Å². The van der Waals surface area contributed by atoms with E-state index in [4.69, 9.17) is 19.4 Å². The Hall–Kier alpha value is -6.14. The van der Waals surface area contributed by atoms with Crippen LogP contribution < -0.4 is 0 Å². The summed E-state index contributed by atoms with van der Waals surface area (Å²) in [5, 5.41) is 0. The van der Waals surface area contributed by atoms with E-state index >= 15 is 0 Å². The molecule has 0 bridgehead atoms. The van der Waals surface area contributed by atoms with Gasteiger partial charge in [-0.05, 0) is 73.4 Å². The Morgan fingerprint density at radius 1 is 0.820 bits per heavy atom. The molecule has 6 heteroatoms. The Morgan fingerprint density at radius 3 is 2.12 bits per heavy atom. The second kappa shape index (κ2) is 12.1. The minimum absolute atomic E-state index is 0.167. The molecule has 7 aromatic rings. The highest BCUT2D eigenvalue weighted by atomic mass is 16.3. The highest BCUT2D eigenvalue weighted by Gasteiger charge is 2.38. The van der Waals surface area contributed by atoms with Crippen molar-refractivity contribution in [2.75, 3.05) is 0 Å². The van der Waals surface area contributed by atoms with Gasteiger partial charge in [0.05, 0.1) is 5.69 Å². The molecule has 0 aliphatic heterocycles. The number of hydrogen-bond donors (Lipinski definition) is 0. The second-order valence-corrected chi connectivity index (χ2v) is 13.2. The summed E-state index contributed by atoms with van der Waals surface area (Å²) >= 11 is 0. The predicted octanol–water partition coefficient (Wildman–Crippen LogP) is 11.0. The second-order valence-electron chi connectivity index (χ2n) is 13.2. The Labute approximate surface area is 292 Å². The highest BCUT2D eigenvalue weighted by Crippen LogP contribution is 2.52. The zero-order valence-electron chi connectivity index (χ0n) is 28.9. The summed E-state index contributed by atoms with van der Waals surface area (Å²) in [7, 11) is 0. The first-order chi connectivity index (χ1) is 24.3. The summed E-state index contributed by atoms with van der Waals surface area (Å²) in [5.74, 6) is 1.90. The monoisotopic (exact) mass is 651 g/mol. The maximum absolute atomic E-state index is 5.97. The maximum atomic E-state index is 5.97. The van der Waals surface area contributed by atoms with Gasteiger partial charge in [-0.3, -0.25) is 0 Å². The molecule has 0 amide bonds. The third-order valence-corrected chi connectivity index (χ3v) is 9.85. The first-order valence-corrected chi connectivity index (χ1v) is 16.9. The van der Waals surface area contributed by atoms with Crippen molar-refractivity contribution in [2.24, 2.45) is 0 Å². The van der Waals surface area contributed by atoms with Crippen LogP contribution in [0.3, 0.4) is 0 Å². The Kier molecular flexibility index (Phi) is 7.52. The van der Waals surface area contributed by atoms with Gasteiger partial charge in [-0.1, -0.05) is 105 Å². The number of fused-ring (bicyclic) bond motifs is 5. The number of aromatic nitrogens is 5. The van der Waals surface area contributed by atoms with Gasteiger partial charge in [-0.2, -0.15) is 0 Å². The van der Waals surface area contributed by atoms with Gasteiger partial charge in [-0.15, -0.1) is 0 Å². The minimum atomic E-state index is -0.167. The molecule has 1 aliphatic carbocycles. The average Bonchev–Trinajstić information content (AvgIpc) is 3.80. The van der Waals surface area contributed by atoms with Gasteiger partial charge in [0.15, 0.2) is 29.4 Å². The van der Waals surface area contributed by atoms with E-state index in [0.717, 1.165) is 61.6 Å². The van der Waals surface area contributed by atoms with Gasteiger partial charge >= 0.3 is 0 Å². The molecule has 50 heavy (non-hydrogen) atoms. The lowest BCUT2D eigenvalue weighted by Crippen LogP contribution is -2.15. The first-order valence-electron chi connectivity index (χ1n) is 16.9. The van der Waals surface area contributed by atoms with Gasteiger partial charge in [0.1, 0.15) is 5.52 Å². The average molecular weight is 652 g/mol. The van der Waals surface area contributed by atoms with E-state index < -0.39 is 0 Å². The van der Waals surface area contributed by atoms with Crippen molar-refractivity contribution in [3.05, 3.63) is 150 Å². The van der Waals surface area contributed by atoms with Crippen LogP contribution in [0.2, 0.25) is 0 Å². The summed E-state index contributed by atoms with van der Waals surface area (Å²) in [4.78, 5) is 19.3. The third-order valence-electron chi connectivity index (χ3n) is 9.85. The van der Waals surface area contributed by atoms with Crippen molar-refractivity contribution in [3.63, 3.8) is 0 Å². The lowest BCUT2D eigenvalue weighted by molar-refractivity contribution is 0.601. The van der Waals surface area contributed by atoms with Crippen LogP contribution >= 0.6 is 0 Å². The molecule has 0 spiro atoms. The summed E-state index contributed by atoms with van der Waals surface area (Å²) in [6, 6.07) is 31.1. The van der Waals surface area contributed by atoms with Crippen LogP contribution in [0.25, 0.3) is 74.5 Å². The molecular weight excluding hydrogens is 615 g/mol. The van der Waals surface area contributed by atoms with Crippen LogP contribution in [-0.4, -0.2) is 24.5 Å². The zero-order valence-corrected chi connectivity index (χ0v) is 28.9. The summed E-state index contributed by atoms with van der Waals surface area (Å²) in [6.07, 6.45) is 9.90. The number of oxazole rings is 1. The standard InChI is InChI=1S/C44H37N5O/c1-7-15-32-33(24-27(3)41-46-42(29-16-11-9-12-17-29)48-43(47-41)30-18-13-10-14-19-30)28(4)49(38(32)8-2)31-20-21-35-34(25-31)39-36(44(35,5)6)22-23-37-40(39)50-26-45-37/h7-26H,2H2,1,3-6H3/b15-7-,27-24+. The predicted molar refractivity (Wildman–Crippen MR) is 205 cm³/mol. The van der Waals surface area contributed by atoms with Crippen LogP contribution in [0, 0.1) is 6.92 Å². The highest BCUT2D eigenvalue weighted by molar-refractivity contribution is 5.98. The van der Waals surface area contributed by atoms with Gasteiger partial charge < -0.3 is 8.98 Å². The molecule has 1 aliphatic rings. The third kappa shape index (κ3) is 4.95. The Morgan fingerprint density at radius 2 is 1.48 bits per heavy atom. The van der Waals surface area contributed by atoms with Crippen molar-refractivity contribution in [1.82, 2.24) is 24.5 Å². The molecule has 244 valence electrons. The van der Waals surface area contributed by atoms with Crippen LogP contribution in [0.5, 0.6) is 0 Å². The molecule has 8 rings (SSSR count). The Balaban J connectivity index is 1.30. The van der Waals surface area contributed by atoms with E-state index in [-0.39, 0.29) is 5.41 Å².